The summed E-state index contributed by atoms with van der Waals surface area (Å²) >= 11 is 0. The van der Waals surface area contributed by atoms with Gasteiger partial charge >= 0.3 is 5.97 Å². The number of nitrogens with two attached hydrogens (primary N) is 1. The van der Waals surface area contributed by atoms with Crippen LogP contribution in [0, 0.1) is 11.3 Å². The molecule has 56 heavy (non-hydrogen) atoms. The number of aliphatic hydroxyl groups excluding tert-OH is 1. The van der Waals surface area contributed by atoms with Gasteiger partial charge in [-0.05, 0) is 106 Å². The monoisotopic (exact) mass is 764 g/mol. The van der Waals surface area contributed by atoms with E-state index in [0.717, 1.165) is 78.5 Å². The topological polar surface area (TPSA) is 132 Å². The number of rotatable bonds is 4. The highest BCUT2D eigenvalue weighted by Gasteiger charge is 2.61. The van der Waals surface area contributed by atoms with Crippen molar-refractivity contribution in [2.24, 2.45) is 17.1 Å². The highest BCUT2D eigenvalue weighted by atomic mass is 16.5. The lowest BCUT2D eigenvalue weighted by Crippen LogP contribution is -2.60. The van der Waals surface area contributed by atoms with Crippen molar-refractivity contribution in [1.29, 1.82) is 0 Å². The molecule has 1 saturated carbocycles. The third-order valence-corrected chi connectivity index (χ3v) is 13.7. The van der Waals surface area contributed by atoms with E-state index in [1.165, 1.54) is 42.0 Å². The van der Waals surface area contributed by atoms with Crippen molar-refractivity contribution in [1.82, 2.24) is 29.8 Å². The van der Waals surface area contributed by atoms with Gasteiger partial charge in [0.1, 0.15) is 6.04 Å². The molecule has 5 aliphatic heterocycles. The second-order valence-corrected chi connectivity index (χ2v) is 18.3. The van der Waals surface area contributed by atoms with Gasteiger partial charge in [0.2, 0.25) is 0 Å². The molecule has 9 rings (SSSR count). The molecule has 7 heterocycles. The number of nitrogens with zero attached hydrogens (tertiary/aromatic N) is 6. The van der Waals surface area contributed by atoms with Crippen LogP contribution in [0.4, 0.5) is 5.69 Å². The highest BCUT2D eigenvalue weighted by Crippen LogP contribution is 2.56. The predicted octanol–water partition coefficient (Wildman–Crippen LogP) is 4.49. The SMILES string of the molecule is CCn1c(-c2cc(N3CCN4CCC[C@@H]5C[C@@]54C3)cnc2[C@H](C)O)c2c3cc(ccc31)C1=CCCN(C1)C[C@H](N)C(=O)N1CCC[C@H](N1)C(=O)OCC(C)(C)C2. The Balaban J connectivity index is 1.16. The number of carbonyl (C=O) groups excluding carboxylic acids is 2. The average Bonchev–Trinajstić information content (AvgIpc) is 3.85. The van der Waals surface area contributed by atoms with Crippen LogP contribution in [-0.4, -0.2) is 118 Å². The Morgan fingerprint density at radius 1 is 1.09 bits per heavy atom. The number of carbonyl (C=O) groups is 2. The Bertz CT molecular complexity index is 2060. The number of aliphatic hydroxyl groups is 1. The summed E-state index contributed by atoms with van der Waals surface area (Å²) in [6.45, 7) is 16.0. The van der Waals surface area contributed by atoms with E-state index in [2.05, 4.69) is 75.8 Å². The highest BCUT2D eigenvalue weighted by molar-refractivity contribution is 5.95. The summed E-state index contributed by atoms with van der Waals surface area (Å²) in [5, 5.41) is 14.0. The van der Waals surface area contributed by atoms with Crippen molar-refractivity contribution in [3.8, 4) is 11.3 Å². The van der Waals surface area contributed by atoms with Crippen LogP contribution in [0.2, 0.25) is 0 Å². The van der Waals surface area contributed by atoms with Crippen molar-refractivity contribution in [2.75, 3.05) is 63.9 Å². The normalized spacial score (nSPS) is 30.2. The molecule has 3 saturated heterocycles. The number of anilines is 1. The number of hydrazine groups is 1. The van der Waals surface area contributed by atoms with Crippen LogP contribution in [0.5, 0.6) is 0 Å². The maximum atomic E-state index is 13.6. The molecule has 4 fully saturated rings. The van der Waals surface area contributed by atoms with Crippen LogP contribution >= 0.6 is 0 Å². The number of piperidine rings is 1. The smallest absolute Gasteiger partial charge is 0.324 e. The average molecular weight is 765 g/mol. The Morgan fingerprint density at radius 2 is 1.93 bits per heavy atom. The van der Waals surface area contributed by atoms with Gasteiger partial charge in [0, 0.05) is 79.8 Å². The Labute approximate surface area is 331 Å². The minimum absolute atomic E-state index is 0.192. The van der Waals surface area contributed by atoms with E-state index in [4.69, 9.17) is 15.5 Å². The van der Waals surface area contributed by atoms with E-state index in [9.17, 15) is 14.7 Å². The number of ether oxygens (including phenoxy) is 1. The van der Waals surface area contributed by atoms with Gasteiger partial charge in [0.15, 0.2) is 0 Å². The second-order valence-electron chi connectivity index (χ2n) is 18.3. The Kier molecular flexibility index (Phi) is 9.80. The summed E-state index contributed by atoms with van der Waals surface area (Å²) in [7, 11) is 0. The largest absolute Gasteiger partial charge is 0.464 e. The number of amides is 1. The molecule has 6 bridgehead atoms. The number of nitrogens with one attached hydrogen (secondary N) is 1. The first kappa shape index (κ1) is 37.7. The van der Waals surface area contributed by atoms with Crippen molar-refractivity contribution in [3.63, 3.8) is 0 Å². The lowest BCUT2D eigenvalue weighted by molar-refractivity contribution is -0.155. The zero-order chi connectivity index (χ0) is 38.9. The number of fused-ring (bicyclic) bond motifs is 6. The molecule has 12 nitrogen and oxygen atoms in total. The summed E-state index contributed by atoms with van der Waals surface area (Å²) in [6, 6.07) is 7.78. The molecule has 1 spiro atoms. The van der Waals surface area contributed by atoms with Crippen molar-refractivity contribution < 1.29 is 19.4 Å². The number of piperazine rings is 1. The summed E-state index contributed by atoms with van der Waals surface area (Å²) in [6.07, 6.45) is 10.3. The zero-order valence-corrected chi connectivity index (χ0v) is 33.7. The van der Waals surface area contributed by atoms with E-state index in [1.807, 2.05) is 13.1 Å². The van der Waals surface area contributed by atoms with Crippen LogP contribution in [0.15, 0.2) is 36.5 Å². The summed E-state index contributed by atoms with van der Waals surface area (Å²) in [4.78, 5) is 39.7. The number of aromatic nitrogens is 2. The Hall–Kier alpha value is -3.81. The van der Waals surface area contributed by atoms with Gasteiger partial charge < -0.3 is 25.0 Å². The van der Waals surface area contributed by atoms with Crippen molar-refractivity contribution >= 4 is 34.0 Å². The van der Waals surface area contributed by atoms with Gasteiger partial charge in [-0.25, -0.2) is 5.43 Å². The van der Waals surface area contributed by atoms with Crippen molar-refractivity contribution in [2.45, 2.75) is 103 Å². The number of esters is 1. The van der Waals surface area contributed by atoms with E-state index in [-0.39, 0.29) is 18.5 Å². The third kappa shape index (κ3) is 6.74. The number of hydrogen-bond acceptors (Lipinski definition) is 10. The molecule has 300 valence electrons. The fraction of sp³-hybridized carbons (Fsp3) is 0.614. The molecule has 1 aromatic carbocycles. The summed E-state index contributed by atoms with van der Waals surface area (Å²) < 4.78 is 8.50. The first-order valence-electron chi connectivity index (χ1n) is 21.2. The molecule has 6 atom stereocenters. The molecular weight excluding hydrogens is 705 g/mol. The minimum atomic E-state index is -0.765. The minimum Gasteiger partial charge on any atom is -0.464 e. The first-order chi connectivity index (χ1) is 26.9. The molecule has 4 N–H and O–H groups in total. The number of benzene rings is 1. The van der Waals surface area contributed by atoms with E-state index in [1.54, 1.807) is 0 Å². The molecule has 3 aromatic rings. The van der Waals surface area contributed by atoms with Gasteiger partial charge in [-0.15, -0.1) is 0 Å². The Morgan fingerprint density at radius 3 is 2.75 bits per heavy atom. The van der Waals surface area contributed by atoms with Gasteiger partial charge in [-0.1, -0.05) is 26.0 Å². The molecule has 12 heteroatoms. The molecule has 1 aliphatic carbocycles. The van der Waals surface area contributed by atoms with Gasteiger partial charge in [-0.2, -0.15) is 0 Å². The van der Waals surface area contributed by atoms with E-state index >= 15 is 0 Å². The number of aryl methyl sites for hydroxylation is 1. The van der Waals surface area contributed by atoms with Crippen LogP contribution in [0.1, 0.15) is 89.1 Å². The quantitative estimate of drug-likeness (QED) is 0.327. The maximum Gasteiger partial charge on any atom is 0.324 e. The lowest BCUT2D eigenvalue weighted by atomic mass is 9.84. The van der Waals surface area contributed by atoms with Crippen LogP contribution in [0.3, 0.4) is 0 Å². The third-order valence-electron chi connectivity index (χ3n) is 13.7. The fourth-order valence-electron chi connectivity index (χ4n) is 10.7. The fourth-order valence-corrected chi connectivity index (χ4v) is 10.7. The summed E-state index contributed by atoms with van der Waals surface area (Å²) in [5.41, 5.74) is 18.1. The van der Waals surface area contributed by atoms with Crippen LogP contribution in [-0.2, 0) is 27.3 Å². The van der Waals surface area contributed by atoms with E-state index in [0.29, 0.717) is 50.1 Å². The maximum absolute atomic E-state index is 13.6. The van der Waals surface area contributed by atoms with Crippen LogP contribution in [0.25, 0.3) is 27.7 Å². The van der Waals surface area contributed by atoms with Gasteiger partial charge in [0.05, 0.1) is 42.0 Å². The molecule has 2 aromatic heterocycles. The molecule has 0 radical (unpaired) electrons. The molecule has 1 unspecified atom stereocenters. The van der Waals surface area contributed by atoms with Gasteiger partial charge in [-0.3, -0.25) is 29.4 Å². The first-order valence-corrected chi connectivity index (χ1v) is 21.2. The number of cyclic esters (lactones) is 1. The predicted molar refractivity (Wildman–Crippen MR) is 219 cm³/mol. The van der Waals surface area contributed by atoms with Crippen LogP contribution < -0.4 is 16.1 Å². The molecular formula is C44H60N8O4. The zero-order valence-electron chi connectivity index (χ0n) is 33.7. The van der Waals surface area contributed by atoms with Gasteiger partial charge in [0.25, 0.3) is 5.91 Å². The number of pyridine rings is 1. The lowest BCUT2D eigenvalue weighted by Gasteiger charge is -2.46. The number of hydrogen-bond donors (Lipinski definition) is 3. The molecule has 6 aliphatic rings. The second kappa shape index (κ2) is 14.5. The van der Waals surface area contributed by atoms with Crippen molar-refractivity contribution in [3.05, 3.63) is 53.4 Å². The van der Waals surface area contributed by atoms with E-state index < -0.39 is 23.6 Å². The molecule has 1 amide bonds. The standard InChI is InChI=1S/C44H60N8O4/c1-5-51-38-13-12-29-19-33(38)35(40(51)34-20-32(23-46-39(34)28(2)53)49-17-18-50-15-7-10-31-21-44(31,50)26-49)22-43(3,4)27-56-42(55)37-11-8-16-52(47-37)41(54)36(45)25-48-14-6-9-30(29)24-48/h9,12-13,19-20,23,28,31,36-37,47,53H,5-8,10-11,14-18,21-22,24-27,45H2,1-4H3/t28-,31+,36-,37-,44+/m0/s1. The summed E-state index contributed by atoms with van der Waals surface area (Å²) in [5.74, 6) is 0.254.